The molecular weight excluding hydrogens is 410 g/mol. The maximum Gasteiger partial charge on any atom is 0.265 e. The van der Waals surface area contributed by atoms with Gasteiger partial charge < -0.3 is 4.98 Å². The summed E-state index contributed by atoms with van der Waals surface area (Å²) in [7, 11) is 0. The zero-order valence-corrected chi connectivity index (χ0v) is 17.7. The molecule has 156 valence electrons. The molecule has 3 heterocycles. The first-order chi connectivity index (χ1) is 16.2. The van der Waals surface area contributed by atoms with Gasteiger partial charge in [-0.3, -0.25) is 14.2 Å². The minimum atomic E-state index is -0.217. The number of aromatic nitrogens is 3. The van der Waals surface area contributed by atoms with Gasteiger partial charge in [-0.15, -0.1) is 0 Å². The van der Waals surface area contributed by atoms with Gasteiger partial charge in [0.1, 0.15) is 11.7 Å². The van der Waals surface area contributed by atoms with Crippen LogP contribution in [-0.4, -0.2) is 20.6 Å². The SMILES string of the molecule is Cc1c(C=Nc2c3ccccc3nc3ccccc23)c(=O)n2c([nH]c3ccccc32)c1C#N. The molecule has 0 amide bonds. The van der Waals surface area contributed by atoms with Gasteiger partial charge in [-0.25, -0.2) is 4.98 Å². The molecule has 0 unspecified atom stereocenters. The number of benzene rings is 3. The van der Waals surface area contributed by atoms with Crippen molar-refractivity contribution in [3.8, 4) is 6.07 Å². The van der Waals surface area contributed by atoms with Gasteiger partial charge in [0.25, 0.3) is 5.56 Å². The zero-order chi connectivity index (χ0) is 22.5. The smallest absolute Gasteiger partial charge is 0.265 e. The monoisotopic (exact) mass is 427 g/mol. The number of imidazole rings is 1. The van der Waals surface area contributed by atoms with E-state index in [1.165, 1.54) is 0 Å². The molecule has 3 aromatic carbocycles. The first-order valence-corrected chi connectivity index (χ1v) is 10.5. The van der Waals surface area contributed by atoms with Crippen LogP contribution in [0.25, 0.3) is 38.5 Å². The lowest BCUT2D eigenvalue weighted by Gasteiger charge is -2.08. The lowest BCUT2D eigenvalue weighted by Crippen LogP contribution is -2.20. The molecule has 0 aliphatic carbocycles. The number of aromatic amines is 1. The van der Waals surface area contributed by atoms with Crippen LogP contribution in [0, 0.1) is 18.3 Å². The minimum absolute atomic E-state index is 0.217. The highest BCUT2D eigenvalue weighted by molar-refractivity contribution is 6.07. The second-order valence-corrected chi connectivity index (χ2v) is 7.91. The van der Waals surface area contributed by atoms with Gasteiger partial charge in [-0.2, -0.15) is 5.26 Å². The van der Waals surface area contributed by atoms with Crippen LogP contribution in [0.2, 0.25) is 0 Å². The van der Waals surface area contributed by atoms with Crippen LogP contribution in [-0.2, 0) is 0 Å². The Bertz CT molecular complexity index is 1810. The predicted molar refractivity (Wildman–Crippen MR) is 131 cm³/mol. The van der Waals surface area contributed by atoms with Gasteiger partial charge in [-0.05, 0) is 36.8 Å². The molecule has 0 aliphatic rings. The molecule has 0 saturated carbocycles. The Morgan fingerprint density at radius 3 is 2.30 bits per heavy atom. The summed E-state index contributed by atoms with van der Waals surface area (Å²) in [6.07, 6.45) is 1.58. The summed E-state index contributed by atoms with van der Waals surface area (Å²) < 4.78 is 1.56. The molecular formula is C27H17N5O. The minimum Gasteiger partial charge on any atom is -0.338 e. The fourth-order valence-electron chi connectivity index (χ4n) is 4.43. The van der Waals surface area contributed by atoms with Gasteiger partial charge in [-0.1, -0.05) is 48.5 Å². The summed E-state index contributed by atoms with van der Waals surface area (Å²) in [6, 6.07) is 25.4. The number of para-hydroxylation sites is 4. The number of pyridine rings is 2. The molecule has 3 aromatic heterocycles. The Morgan fingerprint density at radius 2 is 1.61 bits per heavy atom. The number of rotatable bonds is 2. The predicted octanol–water partition coefficient (Wildman–Crippen LogP) is 5.41. The molecule has 6 rings (SSSR count). The lowest BCUT2D eigenvalue weighted by molar-refractivity contribution is 1.12. The Labute approximate surface area is 188 Å². The van der Waals surface area contributed by atoms with E-state index in [0.717, 1.165) is 38.5 Å². The molecule has 0 spiro atoms. The molecule has 6 heteroatoms. The fraction of sp³-hybridized carbons (Fsp3) is 0.0370. The molecule has 0 atom stereocenters. The third kappa shape index (κ3) is 2.76. The molecule has 6 nitrogen and oxygen atoms in total. The number of nitrogens with zero attached hydrogens (tertiary/aromatic N) is 4. The van der Waals surface area contributed by atoms with Crippen LogP contribution in [0.4, 0.5) is 5.69 Å². The van der Waals surface area contributed by atoms with E-state index in [2.05, 4.69) is 11.1 Å². The molecule has 0 bridgehead atoms. The van der Waals surface area contributed by atoms with E-state index in [-0.39, 0.29) is 5.56 Å². The standard InChI is InChI=1S/C27H17N5O/c1-16-19(14-28)26-31-23-12-6-7-13-24(23)32(26)27(33)20(16)15-29-25-17-8-2-4-10-21(17)30-22-11-5-3-9-18(22)25/h2-13,15,31H,1H3. The molecule has 0 radical (unpaired) electrons. The van der Waals surface area contributed by atoms with E-state index < -0.39 is 0 Å². The van der Waals surface area contributed by atoms with Crippen LogP contribution in [0.3, 0.4) is 0 Å². The quantitative estimate of drug-likeness (QED) is 0.296. The third-order valence-electron chi connectivity index (χ3n) is 6.06. The Morgan fingerprint density at radius 1 is 0.970 bits per heavy atom. The Kier molecular flexibility index (Phi) is 4.11. The zero-order valence-electron chi connectivity index (χ0n) is 17.7. The average Bonchev–Trinajstić information content (AvgIpc) is 3.23. The van der Waals surface area contributed by atoms with Crippen LogP contribution >= 0.6 is 0 Å². The molecule has 0 aliphatic heterocycles. The first kappa shape index (κ1) is 19.0. The fourth-order valence-corrected chi connectivity index (χ4v) is 4.43. The highest BCUT2D eigenvalue weighted by Gasteiger charge is 2.17. The van der Waals surface area contributed by atoms with Gasteiger partial charge in [0, 0.05) is 17.0 Å². The number of nitriles is 1. The van der Waals surface area contributed by atoms with Crippen LogP contribution < -0.4 is 5.56 Å². The van der Waals surface area contributed by atoms with E-state index in [0.29, 0.717) is 22.3 Å². The normalized spacial score (nSPS) is 11.8. The molecule has 0 fully saturated rings. The van der Waals surface area contributed by atoms with Gasteiger partial charge >= 0.3 is 0 Å². The lowest BCUT2D eigenvalue weighted by atomic mass is 10.1. The van der Waals surface area contributed by atoms with Crippen molar-refractivity contribution in [1.29, 1.82) is 5.26 Å². The van der Waals surface area contributed by atoms with Crippen molar-refractivity contribution in [1.82, 2.24) is 14.4 Å². The summed E-state index contributed by atoms with van der Waals surface area (Å²) in [5.74, 6) is 0. The highest BCUT2D eigenvalue weighted by Crippen LogP contribution is 2.33. The van der Waals surface area contributed by atoms with E-state index in [9.17, 15) is 10.1 Å². The summed E-state index contributed by atoms with van der Waals surface area (Å²) in [4.78, 5) is 26.3. The van der Waals surface area contributed by atoms with Crippen molar-refractivity contribution >= 4 is 50.4 Å². The maximum atomic E-state index is 13.6. The Balaban J connectivity index is 1.67. The molecule has 0 saturated heterocycles. The summed E-state index contributed by atoms with van der Waals surface area (Å²) in [6.45, 7) is 1.79. The van der Waals surface area contributed by atoms with E-state index in [1.807, 2.05) is 72.8 Å². The maximum absolute atomic E-state index is 13.6. The molecule has 1 N–H and O–H groups in total. The van der Waals surface area contributed by atoms with Crippen molar-refractivity contribution < 1.29 is 0 Å². The van der Waals surface area contributed by atoms with E-state index in [4.69, 9.17) is 9.98 Å². The molecule has 33 heavy (non-hydrogen) atoms. The topological polar surface area (TPSA) is 86.3 Å². The van der Waals surface area contributed by atoms with Crippen LogP contribution in [0.1, 0.15) is 16.7 Å². The number of hydrogen-bond donors (Lipinski definition) is 1. The first-order valence-electron chi connectivity index (χ1n) is 10.5. The van der Waals surface area contributed by atoms with Gasteiger partial charge in [0.15, 0.2) is 0 Å². The van der Waals surface area contributed by atoms with Gasteiger partial charge in [0.2, 0.25) is 0 Å². The summed E-state index contributed by atoms with van der Waals surface area (Å²) in [5.41, 5.74) is 5.63. The Hall–Kier alpha value is -4.76. The van der Waals surface area contributed by atoms with Crippen LogP contribution in [0.15, 0.2) is 82.6 Å². The highest BCUT2D eigenvalue weighted by atomic mass is 16.1. The number of nitrogens with one attached hydrogen (secondary N) is 1. The van der Waals surface area contributed by atoms with Crippen molar-refractivity contribution in [2.45, 2.75) is 6.92 Å². The van der Waals surface area contributed by atoms with Crippen molar-refractivity contribution in [2.24, 2.45) is 4.99 Å². The van der Waals surface area contributed by atoms with Crippen molar-refractivity contribution in [2.75, 3.05) is 0 Å². The number of hydrogen-bond acceptors (Lipinski definition) is 4. The summed E-state index contributed by atoms with van der Waals surface area (Å²) >= 11 is 0. The largest absolute Gasteiger partial charge is 0.338 e. The number of fused-ring (bicyclic) bond motifs is 5. The third-order valence-corrected chi connectivity index (χ3v) is 6.06. The second-order valence-electron chi connectivity index (χ2n) is 7.91. The van der Waals surface area contributed by atoms with E-state index in [1.54, 1.807) is 17.5 Å². The second kappa shape index (κ2) is 7.14. The average molecular weight is 427 g/mol. The number of H-pyrrole nitrogens is 1. The van der Waals surface area contributed by atoms with E-state index >= 15 is 0 Å². The summed E-state index contributed by atoms with van der Waals surface area (Å²) in [5, 5.41) is 11.7. The number of aliphatic imine (C=N–C) groups is 1. The molecule has 6 aromatic rings. The van der Waals surface area contributed by atoms with Crippen LogP contribution in [0.5, 0.6) is 0 Å². The van der Waals surface area contributed by atoms with Crippen molar-refractivity contribution in [3.05, 3.63) is 99.8 Å². The van der Waals surface area contributed by atoms with Crippen molar-refractivity contribution in [3.63, 3.8) is 0 Å². The van der Waals surface area contributed by atoms with Gasteiger partial charge in [0.05, 0.1) is 38.9 Å².